The first kappa shape index (κ1) is 42.3. The van der Waals surface area contributed by atoms with Crippen molar-refractivity contribution >= 4 is 87.0 Å². The quantitative estimate of drug-likeness (QED) is 0.179. The summed E-state index contributed by atoms with van der Waals surface area (Å²) in [5.41, 5.74) is 17.7. The van der Waals surface area contributed by atoms with Crippen molar-refractivity contribution in [2.45, 2.75) is 21.3 Å². The first-order valence-electron chi connectivity index (χ1n) is 20.4. The Morgan fingerprint density at radius 1 is 0.333 bits per heavy atom. The predicted octanol–water partition coefficient (Wildman–Crippen LogP) is 17.7. The number of hydrogen-bond acceptors (Lipinski definition) is 3. The van der Waals surface area contributed by atoms with Gasteiger partial charge in [0.05, 0.1) is 0 Å². The molecule has 0 atom stereocenters. The van der Waals surface area contributed by atoms with Gasteiger partial charge >= 0.3 is 0 Å². The summed E-state index contributed by atoms with van der Waals surface area (Å²) < 4.78 is 13.2. The summed E-state index contributed by atoms with van der Waals surface area (Å²) in [6.07, 6.45) is 0.893. The number of furan rings is 2. The molecule has 0 aliphatic carbocycles. The molecule has 4 heteroatoms. The van der Waals surface area contributed by atoms with E-state index in [1.165, 1.54) is 76.5 Å². The van der Waals surface area contributed by atoms with Crippen molar-refractivity contribution in [3.8, 4) is 22.3 Å². The van der Waals surface area contributed by atoms with Gasteiger partial charge in [0.2, 0.25) is 0 Å². The molecule has 2 N–H and O–H groups in total. The van der Waals surface area contributed by atoms with E-state index in [-0.39, 0.29) is 14.9 Å². The highest BCUT2D eigenvalue weighted by Gasteiger charge is 2.11. The molecule has 0 unspecified atom stereocenters. The van der Waals surface area contributed by atoms with Crippen LogP contribution in [0, 0.1) is 0 Å². The number of nitrogen functional groups attached to an aromatic ring is 1. The van der Waals surface area contributed by atoms with Crippen LogP contribution in [-0.2, 0) is 6.42 Å². The Labute approximate surface area is 377 Å². The minimum absolute atomic E-state index is 0. The minimum atomic E-state index is 0. The van der Waals surface area contributed by atoms with Crippen LogP contribution < -0.4 is 5.73 Å². The minimum Gasteiger partial charge on any atom is -0.456 e. The van der Waals surface area contributed by atoms with Gasteiger partial charge in [-0.15, -0.1) is 0 Å². The fourth-order valence-electron chi connectivity index (χ4n) is 8.04. The van der Waals surface area contributed by atoms with Crippen molar-refractivity contribution in [1.29, 1.82) is 0 Å². The molecule has 0 fully saturated rings. The van der Waals surface area contributed by atoms with Crippen LogP contribution in [0.2, 0.25) is 0 Å². The highest BCUT2D eigenvalue weighted by atomic mass is 79.9. The highest BCUT2D eigenvalue weighted by molar-refractivity contribution is 9.10. The summed E-state index contributed by atoms with van der Waals surface area (Å²) in [4.78, 5) is 0. The zero-order chi connectivity index (χ0) is 41.1. The smallest absolute Gasteiger partial charge is 0.136 e. The molecule has 0 amide bonds. The average molecular weight is 883 g/mol. The standard InChI is InChI=1S/C29H20O.C16H9BrO.C12H11N.2CH4/c1-2-6-22(7-3-1)23-13-10-20(11-14-23)16-21-12-15-26-27-18-24-8-4-5-9-25(24)19-29(27)30-28(26)17-21;17-12-5-6-13-14-7-10-3-1-2-4-11(10)8-15(14)18-16(13)9-12;13-12-8-6-11(7-9-12)10-4-2-1-3-5-10;;/h1-15,17-19H,16H2;1-9H;1-9H,13H2;2*1H4. The van der Waals surface area contributed by atoms with E-state index in [4.69, 9.17) is 14.6 Å². The van der Waals surface area contributed by atoms with Crippen molar-refractivity contribution in [2.24, 2.45) is 0 Å². The predicted molar refractivity (Wildman–Crippen MR) is 275 cm³/mol. The molecular formula is C59H48BrNO2. The number of benzene rings is 10. The third kappa shape index (κ3) is 9.13. The van der Waals surface area contributed by atoms with Crippen LogP contribution >= 0.6 is 15.9 Å². The van der Waals surface area contributed by atoms with Crippen molar-refractivity contribution in [1.82, 2.24) is 0 Å². The molecule has 12 aromatic rings. The average Bonchev–Trinajstić information content (AvgIpc) is 3.84. The summed E-state index contributed by atoms with van der Waals surface area (Å²) in [7, 11) is 0. The normalized spacial score (nSPS) is 10.8. The number of halogens is 1. The second-order valence-electron chi connectivity index (χ2n) is 15.3. The second kappa shape index (κ2) is 18.7. The van der Waals surface area contributed by atoms with Gasteiger partial charge in [0, 0.05) is 31.7 Å². The van der Waals surface area contributed by atoms with E-state index in [1.807, 2.05) is 60.7 Å². The molecule has 63 heavy (non-hydrogen) atoms. The van der Waals surface area contributed by atoms with Gasteiger partial charge in [0.25, 0.3) is 0 Å². The lowest BCUT2D eigenvalue weighted by Gasteiger charge is -2.05. The van der Waals surface area contributed by atoms with Crippen LogP contribution in [0.5, 0.6) is 0 Å². The summed E-state index contributed by atoms with van der Waals surface area (Å²) in [5, 5.41) is 9.62. The largest absolute Gasteiger partial charge is 0.456 e. The molecular weight excluding hydrogens is 835 g/mol. The van der Waals surface area contributed by atoms with Crippen LogP contribution in [0.1, 0.15) is 26.0 Å². The summed E-state index contributed by atoms with van der Waals surface area (Å²) >= 11 is 3.47. The van der Waals surface area contributed by atoms with Gasteiger partial charge in [0.1, 0.15) is 22.3 Å². The van der Waals surface area contributed by atoms with E-state index < -0.39 is 0 Å². The van der Waals surface area contributed by atoms with Gasteiger partial charge in [-0.05, 0) is 122 Å². The van der Waals surface area contributed by atoms with E-state index in [1.54, 1.807) is 0 Å². The van der Waals surface area contributed by atoms with Gasteiger partial charge in [-0.1, -0.05) is 189 Å². The van der Waals surface area contributed by atoms with E-state index in [0.717, 1.165) is 38.9 Å². The van der Waals surface area contributed by atoms with Crippen LogP contribution in [0.15, 0.2) is 232 Å². The lowest BCUT2D eigenvalue weighted by atomic mass is 9.99. The zero-order valence-corrected chi connectivity index (χ0v) is 34.8. The van der Waals surface area contributed by atoms with Gasteiger partial charge in [-0.25, -0.2) is 0 Å². The Morgan fingerprint density at radius 3 is 1.22 bits per heavy atom. The third-order valence-corrected chi connectivity index (χ3v) is 11.7. The Bertz CT molecular complexity index is 3440. The molecule has 12 rings (SSSR count). The molecule has 0 aliphatic heterocycles. The Balaban J connectivity index is 0.000000141. The third-order valence-electron chi connectivity index (χ3n) is 11.2. The molecule has 3 nitrogen and oxygen atoms in total. The van der Waals surface area contributed by atoms with Gasteiger partial charge in [-0.2, -0.15) is 0 Å². The topological polar surface area (TPSA) is 52.3 Å². The fraction of sp³-hybridized carbons (Fsp3) is 0.0508. The molecule has 0 saturated heterocycles. The number of fused-ring (bicyclic) bond motifs is 8. The van der Waals surface area contributed by atoms with Crippen LogP contribution in [-0.4, -0.2) is 0 Å². The van der Waals surface area contributed by atoms with E-state index in [2.05, 4.69) is 174 Å². The Kier molecular flexibility index (Phi) is 12.6. The summed E-state index contributed by atoms with van der Waals surface area (Å²) in [6, 6.07) is 75.7. The van der Waals surface area contributed by atoms with Gasteiger partial charge in [-0.3, -0.25) is 0 Å². The van der Waals surface area contributed by atoms with E-state index in [9.17, 15) is 0 Å². The molecule has 2 heterocycles. The van der Waals surface area contributed by atoms with E-state index in [0.29, 0.717) is 0 Å². The summed E-state index contributed by atoms with van der Waals surface area (Å²) in [5.74, 6) is 0. The maximum atomic E-state index is 6.22. The molecule has 10 aromatic carbocycles. The summed E-state index contributed by atoms with van der Waals surface area (Å²) in [6.45, 7) is 0. The first-order valence-corrected chi connectivity index (χ1v) is 21.2. The number of nitrogens with two attached hydrogens (primary N) is 1. The number of rotatable bonds is 4. The fourth-order valence-corrected chi connectivity index (χ4v) is 8.38. The lowest BCUT2D eigenvalue weighted by molar-refractivity contribution is 0.668. The first-order chi connectivity index (χ1) is 30.0. The number of hydrogen-bond donors (Lipinski definition) is 1. The van der Waals surface area contributed by atoms with Gasteiger partial charge in [0.15, 0.2) is 0 Å². The van der Waals surface area contributed by atoms with Crippen molar-refractivity contribution in [2.75, 3.05) is 5.73 Å². The molecule has 0 bridgehead atoms. The molecule has 0 saturated carbocycles. The molecule has 0 aliphatic rings. The van der Waals surface area contributed by atoms with Crippen molar-refractivity contribution < 1.29 is 8.83 Å². The maximum Gasteiger partial charge on any atom is 0.136 e. The molecule has 2 aromatic heterocycles. The van der Waals surface area contributed by atoms with Crippen LogP contribution in [0.3, 0.4) is 0 Å². The van der Waals surface area contributed by atoms with Gasteiger partial charge < -0.3 is 14.6 Å². The lowest BCUT2D eigenvalue weighted by Crippen LogP contribution is -1.88. The SMILES string of the molecule is Brc1ccc2c(c1)oc1cc3ccccc3cc12.C.C.Nc1ccc(-c2ccccc2)cc1.c1ccc(-c2ccc(Cc3ccc4c(c3)oc3cc5ccccc5cc34)cc2)cc1. The van der Waals surface area contributed by atoms with Crippen molar-refractivity contribution in [3.63, 3.8) is 0 Å². The molecule has 0 spiro atoms. The van der Waals surface area contributed by atoms with Crippen LogP contribution in [0.4, 0.5) is 5.69 Å². The maximum absolute atomic E-state index is 6.22. The van der Waals surface area contributed by atoms with Crippen LogP contribution in [0.25, 0.3) is 87.7 Å². The van der Waals surface area contributed by atoms with E-state index >= 15 is 0 Å². The highest BCUT2D eigenvalue weighted by Crippen LogP contribution is 2.35. The molecule has 0 radical (unpaired) electrons. The number of anilines is 1. The molecule has 308 valence electrons. The van der Waals surface area contributed by atoms with Crippen molar-refractivity contribution in [3.05, 3.63) is 234 Å². The monoisotopic (exact) mass is 881 g/mol. The second-order valence-corrected chi connectivity index (χ2v) is 16.2. The zero-order valence-electron chi connectivity index (χ0n) is 33.3. The Morgan fingerprint density at radius 2 is 0.714 bits per heavy atom. The Hall–Kier alpha value is -7.40.